The van der Waals surface area contributed by atoms with Crippen LogP contribution in [0.4, 0.5) is 0 Å². The molecule has 0 amide bonds. The Morgan fingerprint density at radius 3 is 1.42 bits per heavy atom. The van der Waals surface area contributed by atoms with E-state index in [-0.39, 0.29) is 0 Å². The minimum absolute atomic E-state index is 1.18. The van der Waals surface area contributed by atoms with Gasteiger partial charge in [0, 0.05) is 5.26 Å². The van der Waals surface area contributed by atoms with Crippen LogP contribution in [0.2, 0.25) is 39.3 Å². The van der Waals surface area contributed by atoms with Gasteiger partial charge >= 0.3 is 0 Å². The zero-order chi connectivity index (χ0) is 9.99. The predicted octanol–water partition coefficient (Wildman–Crippen LogP) is 3.82. The first-order chi connectivity index (χ1) is 5.19. The van der Waals surface area contributed by atoms with Crippen LogP contribution in [0.1, 0.15) is 0 Å². The highest BCUT2D eigenvalue weighted by atomic mass is 35.5. The van der Waals surface area contributed by atoms with Gasteiger partial charge in [-0.25, -0.2) is 0 Å². The second kappa shape index (κ2) is 4.38. The largest absolute Gasteiger partial charge is 0.299 e. The Balaban J connectivity index is 4.69. The Hall–Kier alpha value is 0.854. The first-order valence-electron chi connectivity index (χ1n) is 4.12. The van der Waals surface area contributed by atoms with Crippen molar-refractivity contribution in [2.75, 3.05) is 0 Å². The molecule has 0 N–H and O–H groups in total. The number of halogens is 1. The highest BCUT2D eigenvalue weighted by Gasteiger charge is 2.33. The van der Waals surface area contributed by atoms with Crippen LogP contribution >= 0.6 is 20.0 Å². The topological polar surface area (TPSA) is 3.24 Å². The molecular weight excluding hydrogens is 221 g/mol. The van der Waals surface area contributed by atoms with Gasteiger partial charge < -0.3 is 0 Å². The molecule has 0 aromatic heterocycles. The lowest BCUT2D eigenvalue weighted by molar-refractivity contribution is 0.999. The fourth-order valence-corrected chi connectivity index (χ4v) is 13.4. The van der Waals surface area contributed by atoms with Gasteiger partial charge in [-0.2, -0.15) is 0 Å². The molecule has 0 aliphatic rings. The summed E-state index contributed by atoms with van der Waals surface area (Å²) in [5.41, 5.74) is 0. The van der Waals surface area contributed by atoms with E-state index < -0.39 is 16.5 Å². The van der Waals surface area contributed by atoms with E-state index in [0.29, 0.717) is 0 Å². The third-order valence-electron chi connectivity index (χ3n) is 1.43. The van der Waals surface area contributed by atoms with E-state index in [0.717, 1.165) is 0 Å². The van der Waals surface area contributed by atoms with Crippen molar-refractivity contribution in [2.45, 2.75) is 39.3 Å². The van der Waals surface area contributed by atoms with Gasteiger partial charge in [0.05, 0.1) is 0 Å². The quantitative estimate of drug-likeness (QED) is 0.535. The van der Waals surface area contributed by atoms with Crippen LogP contribution < -0.4 is 0 Å². The van der Waals surface area contributed by atoms with Gasteiger partial charge in [-0.05, 0) is 8.35 Å². The molecule has 0 spiro atoms. The van der Waals surface area contributed by atoms with Crippen molar-refractivity contribution in [3.63, 3.8) is 0 Å². The molecule has 0 aromatic rings. The Kier molecular flexibility index (Phi) is 4.69. The van der Waals surface area contributed by atoms with Crippen LogP contribution in [-0.2, 0) is 0 Å². The van der Waals surface area contributed by atoms with Gasteiger partial charge in [-0.3, -0.25) is 4.00 Å². The van der Waals surface area contributed by atoms with E-state index in [1.807, 2.05) is 0 Å². The summed E-state index contributed by atoms with van der Waals surface area (Å²) < 4.78 is 2.62. The first kappa shape index (κ1) is 12.9. The molecule has 72 valence electrons. The lowest BCUT2D eigenvalue weighted by Gasteiger charge is -2.39. The number of hydrogen-bond acceptors (Lipinski definition) is 1. The smallest absolute Gasteiger partial charge is 0.120 e. The van der Waals surface area contributed by atoms with E-state index in [4.69, 9.17) is 11.6 Å². The van der Waals surface area contributed by atoms with Crippen molar-refractivity contribution < 1.29 is 0 Å². The number of hydrogen-bond donors (Lipinski definition) is 0. The van der Waals surface area contributed by atoms with Crippen LogP contribution in [0.5, 0.6) is 0 Å². The zero-order valence-electron chi connectivity index (χ0n) is 8.85. The summed E-state index contributed by atoms with van der Waals surface area (Å²) in [6, 6.07) is 0. The lowest BCUT2D eigenvalue weighted by Crippen LogP contribution is -2.53. The van der Waals surface area contributed by atoms with Crippen molar-refractivity contribution >= 4 is 41.7 Å². The molecule has 0 saturated carbocycles. The van der Waals surface area contributed by atoms with Crippen molar-refractivity contribution in [1.29, 1.82) is 0 Å². The molecule has 0 aliphatic carbocycles. The maximum atomic E-state index is 5.67. The maximum Gasteiger partial charge on any atom is 0.120 e. The summed E-state index contributed by atoms with van der Waals surface area (Å²) in [5.74, 6) is 0. The van der Waals surface area contributed by atoms with Crippen LogP contribution in [0.3, 0.4) is 0 Å². The summed E-state index contributed by atoms with van der Waals surface area (Å²) in [6.07, 6.45) is 0. The summed E-state index contributed by atoms with van der Waals surface area (Å²) in [6.45, 7) is 14.2. The van der Waals surface area contributed by atoms with E-state index in [2.05, 4.69) is 43.3 Å². The molecule has 1 nitrogen and oxygen atoms in total. The van der Waals surface area contributed by atoms with E-state index in [1.54, 1.807) is 5.26 Å². The van der Waals surface area contributed by atoms with Gasteiger partial charge in [0.25, 0.3) is 0 Å². The van der Waals surface area contributed by atoms with Gasteiger partial charge in [-0.15, -0.1) is 0 Å². The molecule has 0 fully saturated rings. The number of nitrogens with zero attached hydrogens (tertiary/aromatic N) is 1. The highest BCUT2D eigenvalue weighted by molar-refractivity contribution is 7.46. The average Bonchev–Trinajstić information content (AvgIpc) is 1.77. The fraction of sp³-hybridized carbons (Fsp3) is 0.857. The monoisotopic (exact) mass is 239 g/mol. The second-order valence-corrected chi connectivity index (χ2v) is 17.1. The van der Waals surface area contributed by atoms with Crippen molar-refractivity contribution in [2.24, 2.45) is 0 Å². The Bertz CT molecular complexity index is 157. The molecule has 0 rings (SSSR count). The van der Waals surface area contributed by atoms with Crippen LogP contribution in [0.15, 0.2) is 0 Å². The zero-order valence-corrected chi connectivity index (χ0v) is 12.5. The minimum atomic E-state index is -1.18. The lowest BCUT2D eigenvalue weighted by atomic mass is 11.8. The van der Waals surface area contributed by atoms with Gasteiger partial charge in [0.15, 0.2) is 0 Å². The molecule has 0 aliphatic heterocycles. The first-order valence-corrected chi connectivity index (χ1v) is 12.4. The molecule has 12 heavy (non-hydrogen) atoms. The highest BCUT2D eigenvalue weighted by Crippen LogP contribution is 2.27. The Labute approximate surface area is 85.1 Å². The summed E-state index contributed by atoms with van der Waals surface area (Å²) in [4.78, 5) is 0. The van der Waals surface area contributed by atoms with Gasteiger partial charge in [0.1, 0.15) is 16.5 Å². The minimum Gasteiger partial charge on any atom is -0.299 e. The van der Waals surface area contributed by atoms with Crippen molar-refractivity contribution in [1.82, 2.24) is 4.00 Å². The fourth-order valence-electron chi connectivity index (χ4n) is 1.40. The number of rotatable bonds is 3. The van der Waals surface area contributed by atoms with Crippen LogP contribution in [-0.4, -0.2) is 25.7 Å². The van der Waals surface area contributed by atoms with E-state index in [9.17, 15) is 0 Å². The van der Waals surface area contributed by atoms with E-state index >= 15 is 0 Å². The average molecular weight is 240 g/mol. The SMILES string of the molecule is C[Si](C)(C)N(P=CCl)[Si](C)(C)C. The summed E-state index contributed by atoms with van der Waals surface area (Å²) >= 11 is 5.67. The molecule has 0 bridgehead atoms. The van der Waals surface area contributed by atoms with E-state index in [1.165, 1.54) is 8.35 Å². The molecule has 0 radical (unpaired) electrons. The normalized spacial score (nSPS) is 14.7. The second-order valence-electron chi connectivity index (χ2n) is 4.87. The Morgan fingerprint density at radius 1 is 1.00 bits per heavy atom. The van der Waals surface area contributed by atoms with Gasteiger partial charge in [-0.1, -0.05) is 50.9 Å². The molecule has 0 aromatic carbocycles. The predicted molar refractivity (Wildman–Crippen MR) is 67.4 cm³/mol. The Morgan fingerprint density at radius 2 is 1.33 bits per heavy atom. The third-order valence-corrected chi connectivity index (χ3v) is 12.9. The van der Waals surface area contributed by atoms with Gasteiger partial charge in [0.2, 0.25) is 0 Å². The van der Waals surface area contributed by atoms with Crippen molar-refractivity contribution in [3.05, 3.63) is 0 Å². The molecule has 0 heterocycles. The molecule has 0 atom stereocenters. The molecule has 0 saturated heterocycles. The molecule has 0 unspecified atom stereocenters. The van der Waals surface area contributed by atoms with Crippen LogP contribution in [0, 0.1) is 0 Å². The third kappa shape index (κ3) is 4.19. The van der Waals surface area contributed by atoms with Crippen LogP contribution in [0.25, 0.3) is 0 Å². The maximum absolute atomic E-state index is 5.67. The summed E-state index contributed by atoms with van der Waals surface area (Å²) in [7, 11) is -1.16. The molecular formula is C7H19ClNPSi2. The molecule has 5 heteroatoms. The standard InChI is InChI=1S/C7H19ClNPSi2/c1-11(2,3)9(10-7-8)12(4,5)6/h7H,1-6H3. The summed E-state index contributed by atoms with van der Waals surface area (Å²) in [5, 5.41) is 1.73. The van der Waals surface area contributed by atoms with Crippen molar-refractivity contribution in [3.8, 4) is 0 Å².